The van der Waals surface area contributed by atoms with Crippen molar-refractivity contribution < 1.29 is 14.3 Å². The van der Waals surface area contributed by atoms with Crippen LogP contribution in [0, 0.1) is 6.92 Å². The van der Waals surface area contributed by atoms with Gasteiger partial charge in [0.1, 0.15) is 4.88 Å². The molecule has 0 spiro atoms. The Morgan fingerprint density at radius 2 is 2.19 bits per heavy atom. The molecule has 1 amide bonds. The molecule has 0 unspecified atom stereocenters. The van der Waals surface area contributed by atoms with E-state index in [-0.39, 0.29) is 5.91 Å². The maximum absolute atomic E-state index is 12.0. The van der Waals surface area contributed by atoms with Crippen molar-refractivity contribution in [3.63, 3.8) is 0 Å². The lowest BCUT2D eigenvalue weighted by Gasteiger charge is -2.07. The molecule has 112 valence electrons. The predicted molar refractivity (Wildman–Crippen MR) is 89.5 cm³/mol. The molecule has 0 radical (unpaired) electrons. The summed E-state index contributed by atoms with van der Waals surface area (Å²) in [5.41, 5.74) is 1.44. The lowest BCUT2D eigenvalue weighted by molar-refractivity contribution is -0.113. The first-order chi connectivity index (χ1) is 10.1. The Kier molecular flexibility index (Phi) is 5.84. The van der Waals surface area contributed by atoms with Crippen LogP contribution in [0.5, 0.6) is 0 Å². The molecule has 21 heavy (non-hydrogen) atoms. The van der Waals surface area contributed by atoms with Gasteiger partial charge in [-0.3, -0.25) is 4.79 Å². The number of carbonyl (C=O) groups excluding carboxylic acids is 2. The number of methoxy groups -OCH3 is 1. The van der Waals surface area contributed by atoms with Gasteiger partial charge >= 0.3 is 5.97 Å². The molecule has 0 fully saturated rings. The van der Waals surface area contributed by atoms with E-state index in [2.05, 4.69) is 5.32 Å². The molecule has 2 heterocycles. The van der Waals surface area contributed by atoms with E-state index in [9.17, 15) is 9.59 Å². The van der Waals surface area contributed by atoms with Crippen LogP contribution in [0.2, 0.25) is 0 Å². The first-order valence-corrected chi connectivity index (χ1v) is 9.09. The summed E-state index contributed by atoms with van der Waals surface area (Å²) in [5, 5.41) is 6.66. The highest BCUT2D eigenvalue weighted by Crippen LogP contribution is 2.28. The zero-order valence-corrected chi connectivity index (χ0v) is 14.1. The monoisotopic (exact) mass is 341 g/mol. The number of amides is 1. The Bertz CT molecular complexity index is 619. The molecule has 0 aliphatic heterocycles. The third-order valence-electron chi connectivity index (χ3n) is 2.67. The molecule has 0 saturated heterocycles. The molecule has 0 aromatic carbocycles. The fourth-order valence-corrected chi connectivity index (χ4v) is 4.25. The van der Waals surface area contributed by atoms with E-state index in [4.69, 9.17) is 4.74 Å². The molecule has 4 nitrogen and oxygen atoms in total. The third kappa shape index (κ3) is 4.33. The number of esters is 1. The molecule has 0 atom stereocenters. The number of carbonyl (C=O) groups is 2. The molecule has 2 aromatic rings. The number of hydrogen-bond donors (Lipinski definition) is 1. The van der Waals surface area contributed by atoms with Crippen molar-refractivity contribution in [2.24, 2.45) is 0 Å². The number of nitrogens with one attached hydrogen (secondary N) is 1. The minimum Gasteiger partial charge on any atom is -0.465 e. The quantitative estimate of drug-likeness (QED) is 0.813. The van der Waals surface area contributed by atoms with Gasteiger partial charge in [0.15, 0.2) is 0 Å². The average molecular weight is 341 g/mol. The predicted octanol–water partition coefficient (Wildman–Crippen LogP) is 3.78. The number of aryl methyl sites for hydroxylation is 1. The summed E-state index contributed by atoms with van der Waals surface area (Å²) < 4.78 is 4.72. The van der Waals surface area contributed by atoms with E-state index in [0.29, 0.717) is 16.3 Å². The first kappa shape index (κ1) is 16.1. The molecular formula is C14H15NO3S3. The van der Waals surface area contributed by atoms with Gasteiger partial charge in [0, 0.05) is 10.6 Å². The number of ether oxygens (including phenoxy) is 1. The number of hydrogen-bond acceptors (Lipinski definition) is 6. The number of thiophene rings is 2. The van der Waals surface area contributed by atoms with Gasteiger partial charge < -0.3 is 10.1 Å². The van der Waals surface area contributed by atoms with E-state index in [1.807, 2.05) is 29.8 Å². The molecule has 0 saturated carbocycles. The summed E-state index contributed by atoms with van der Waals surface area (Å²) in [6.45, 7) is 1.86. The highest BCUT2D eigenvalue weighted by Gasteiger charge is 2.18. The molecule has 0 aliphatic rings. The molecule has 2 rings (SSSR count). The lowest BCUT2D eigenvalue weighted by Crippen LogP contribution is -2.16. The minimum atomic E-state index is -0.422. The van der Waals surface area contributed by atoms with Crippen LogP contribution in [0.1, 0.15) is 20.1 Å². The van der Waals surface area contributed by atoms with Crippen LogP contribution in [0.25, 0.3) is 0 Å². The van der Waals surface area contributed by atoms with Crippen LogP contribution >= 0.6 is 34.4 Å². The Labute approximate surface area is 135 Å². The van der Waals surface area contributed by atoms with Crippen molar-refractivity contribution in [1.82, 2.24) is 0 Å². The Morgan fingerprint density at radius 3 is 2.86 bits per heavy atom. The van der Waals surface area contributed by atoms with Crippen molar-refractivity contribution in [2.45, 2.75) is 12.7 Å². The summed E-state index contributed by atoms with van der Waals surface area (Å²) in [7, 11) is 1.33. The average Bonchev–Trinajstić information content (AvgIpc) is 3.09. The summed E-state index contributed by atoms with van der Waals surface area (Å²) in [6, 6.07) is 4.05. The van der Waals surface area contributed by atoms with Gasteiger partial charge in [0.25, 0.3) is 0 Å². The zero-order chi connectivity index (χ0) is 15.2. The van der Waals surface area contributed by atoms with Gasteiger partial charge in [-0.05, 0) is 29.3 Å². The summed E-state index contributed by atoms with van der Waals surface area (Å²) in [6.07, 6.45) is 0. The maximum Gasteiger partial charge on any atom is 0.350 e. The second kappa shape index (κ2) is 7.63. The molecule has 0 aliphatic carbocycles. The SMILES string of the molecule is COC(=O)c1scc(C)c1NC(=O)CSCc1cccs1. The lowest BCUT2D eigenvalue weighted by atomic mass is 10.2. The molecular weight excluding hydrogens is 326 g/mol. The molecule has 1 N–H and O–H groups in total. The summed E-state index contributed by atoms with van der Waals surface area (Å²) in [5.74, 6) is 0.642. The maximum atomic E-state index is 12.0. The van der Waals surface area contributed by atoms with Crippen LogP contribution in [0.15, 0.2) is 22.9 Å². The fraction of sp³-hybridized carbons (Fsp3) is 0.286. The van der Waals surface area contributed by atoms with Gasteiger partial charge in [-0.2, -0.15) is 0 Å². The molecule has 0 bridgehead atoms. The topological polar surface area (TPSA) is 55.4 Å². The second-order valence-corrected chi connectivity index (χ2v) is 7.13. The van der Waals surface area contributed by atoms with Crippen molar-refractivity contribution in [3.8, 4) is 0 Å². The zero-order valence-electron chi connectivity index (χ0n) is 11.7. The fourth-order valence-electron chi connectivity index (χ4n) is 1.66. The van der Waals surface area contributed by atoms with Crippen LogP contribution < -0.4 is 5.32 Å². The van der Waals surface area contributed by atoms with E-state index in [1.54, 1.807) is 23.1 Å². The van der Waals surface area contributed by atoms with Gasteiger partial charge in [-0.25, -0.2) is 4.79 Å². The van der Waals surface area contributed by atoms with Crippen LogP contribution in [-0.4, -0.2) is 24.7 Å². The summed E-state index contributed by atoms with van der Waals surface area (Å²) in [4.78, 5) is 25.3. The van der Waals surface area contributed by atoms with Crippen molar-refractivity contribution >= 4 is 52.0 Å². The van der Waals surface area contributed by atoms with Gasteiger partial charge in [0.05, 0.1) is 18.6 Å². The van der Waals surface area contributed by atoms with Crippen molar-refractivity contribution in [1.29, 1.82) is 0 Å². The van der Waals surface area contributed by atoms with Crippen LogP contribution in [0.4, 0.5) is 5.69 Å². The Balaban J connectivity index is 1.90. The van der Waals surface area contributed by atoms with E-state index in [1.165, 1.54) is 23.3 Å². The number of rotatable bonds is 6. The minimum absolute atomic E-state index is 0.108. The third-order valence-corrected chi connectivity index (χ3v) is 5.79. The highest BCUT2D eigenvalue weighted by molar-refractivity contribution is 7.99. The number of thioether (sulfide) groups is 1. The van der Waals surface area contributed by atoms with Gasteiger partial charge in [-0.15, -0.1) is 34.4 Å². The smallest absolute Gasteiger partial charge is 0.350 e. The standard InChI is InChI=1S/C14H15NO3S3/c1-9-6-21-13(14(17)18-2)12(9)15-11(16)8-19-7-10-4-3-5-20-10/h3-6H,7-8H2,1-2H3,(H,15,16). The first-order valence-electron chi connectivity index (χ1n) is 6.18. The Hall–Kier alpha value is -1.31. The summed E-state index contributed by atoms with van der Waals surface area (Å²) >= 11 is 4.51. The second-order valence-electron chi connectivity index (χ2n) is 4.23. The molecule has 2 aromatic heterocycles. The van der Waals surface area contributed by atoms with E-state index in [0.717, 1.165) is 11.3 Å². The Morgan fingerprint density at radius 1 is 1.38 bits per heavy atom. The van der Waals surface area contributed by atoms with Crippen LogP contribution in [0.3, 0.4) is 0 Å². The highest BCUT2D eigenvalue weighted by atomic mass is 32.2. The van der Waals surface area contributed by atoms with E-state index < -0.39 is 5.97 Å². The van der Waals surface area contributed by atoms with Gasteiger partial charge in [-0.1, -0.05) is 6.07 Å². The van der Waals surface area contributed by atoms with E-state index >= 15 is 0 Å². The van der Waals surface area contributed by atoms with Crippen molar-refractivity contribution in [2.75, 3.05) is 18.2 Å². The van der Waals surface area contributed by atoms with Gasteiger partial charge in [0.2, 0.25) is 5.91 Å². The largest absolute Gasteiger partial charge is 0.465 e. The number of anilines is 1. The van der Waals surface area contributed by atoms with Crippen LogP contribution in [-0.2, 0) is 15.3 Å². The normalized spacial score (nSPS) is 10.4. The van der Waals surface area contributed by atoms with Crippen molar-refractivity contribution in [3.05, 3.63) is 38.2 Å². The molecule has 7 heteroatoms.